The monoisotopic (exact) mass is 412 g/mol. The highest BCUT2D eigenvalue weighted by Gasteiger charge is 2.34. The van der Waals surface area contributed by atoms with Crippen LogP contribution in [0, 0.1) is 0 Å². The minimum absolute atomic E-state index is 0.0744. The van der Waals surface area contributed by atoms with E-state index in [0.29, 0.717) is 6.42 Å². The Morgan fingerprint density at radius 3 is 2.40 bits per heavy atom. The Labute approximate surface area is 178 Å². The van der Waals surface area contributed by atoms with E-state index in [1.807, 2.05) is 76.9 Å². The summed E-state index contributed by atoms with van der Waals surface area (Å²) >= 11 is 1.64. The quantitative estimate of drug-likeness (QED) is 0.457. The molecule has 2 aromatic heterocycles. The predicted molar refractivity (Wildman–Crippen MR) is 120 cm³/mol. The molecule has 1 amide bonds. The summed E-state index contributed by atoms with van der Waals surface area (Å²) in [5.74, 6) is -0.0744. The van der Waals surface area contributed by atoms with Crippen LogP contribution in [0.25, 0.3) is 16.9 Å². The summed E-state index contributed by atoms with van der Waals surface area (Å²) in [6.07, 6.45) is 2.69. The number of aromatic nitrogens is 2. The molecule has 3 heterocycles. The molecule has 0 saturated heterocycles. The molecule has 148 valence electrons. The molecule has 30 heavy (non-hydrogen) atoms. The van der Waals surface area contributed by atoms with E-state index in [2.05, 4.69) is 16.5 Å². The third-order valence-electron chi connectivity index (χ3n) is 5.26. The van der Waals surface area contributed by atoms with Crippen LogP contribution < -0.4 is 0 Å². The Morgan fingerprint density at radius 2 is 1.73 bits per heavy atom. The lowest BCUT2D eigenvalue weighted by molar-refractivity contribution is -0.130. The molecule has 1 aliphatic heterocycles. The van der Waals surface area contributed by atoms with Gasteiger partial charge in [-0.3, -0.25) is 4.79 Å². The van der Waals surface area contributed by atoms with Crippen molar-refractivity contribution < 1.29 is 4.79 Å². The van der Waals surface area contributed by atoms with E-state index in [9.17, 15) is 4.79 Å². The van der Waals surface area contributed by atoms with Gasteiger partial charge in [0.2, 0.25) is 5.91 Å². The fraction of sp³-hybridized carbons (Fsp3) is 0.125. The second-order valence-corrected chi connectivity index (χ2v) is 8.00. The molecule has 0 aliphatic carbocycles. The van der Waals surface area contributed by atoms with Crippen molar-refractivity contribution in [2.75, 3.05) is 0 Å². The van der Waals surface area contributed by atoms with E-state index >= 15 is 0 Å². The SMILES string of the molecule is CC(=O)N1N=C(c2ccccc2)C[C@H]1c1cn(-c2ccccc2)nc1-c1ccsc1. The van der Waals surface area contributed by atoms with Crippen molar-refractivity contribution in [1.29, 1.82) is 0 Å². The number of carbonyl (C=O) groups is 1. The number of benzene rings is 2. The standard InChI is InChI=1S/C24H20N4OS/c1-17(29)28-23(14-22(25-28)18-8-4-2-5-9-18)21-15-27(20-10-6-3-7-11-20)26-24(21)19-12-13-30-16-19/h2-13,15-16,23H,14H2,1H3/t23-/m0/s1. The van der Waals surface area contributed by atoms with Crippen molar-refractivity contribution >= 4 is 23.0 Å². The van der Waals surface area contributed by atoms with Crippen LogP contribution in [0.15, 0.2) is 88.8 Å². The van der Waals surface area contributed by atoms with E-state index in [1.165, 1.54) is 0 Å². The highest BCUT2D eigenvalue weighted by molar-refractivity contribution is 7.08. The normalized spacial score (nSPS) is 16.0. The first-order valence-electron chi connectivity index (χ1n) is 9.81. The largest absolute Gasteiger partial charge is 0.273 e. The molecule has 0 saturated carbocycles. The highest BCUT2D eigenvalue weighted by atomic mass is 32.1. The van der Waals surface area contributed by atoms with Gasteiger partial charge < -0.3 is 0 Å². The number of carbonyl (C=O) groups excluding carboxylic acids is 1. The summed E-state index contributed by atoms with van der Waals surface area (Å²) in [5, 5.41) is 15.3. The van der Waals surface area contributed by atoms with Crippen molar-refractivity contribution in [3.05, 3.63) is 94.8 Å². The zero-order valence-corrected chi connectivity index (χ0v) is 17.3. The van der Waals surface area contributed by atoms with Gasteiger partial charge in [0, 0.05) is 36.0 Å². The summed E-state index contributed by atoms with van der Waals surface area (Å²) in [6, 6.07) is 21.9. The second kappa shape index (κ2) is 7.72. The zero-order chi connectivity index (χ0) is 20.5. The number of hydrogen-bond acceptors (Lipinski definition) is 4. The van der Waals surface area contributed by atoms with Crippen molar-refractivity contribution in [3.63, 3.8) is 0 Å². The minimum Gasteiger partial charge on any atom is -0.273 e. The van der Waals surface area contributed by atoms with Crippen LogP contribution in [-0.4, -0.2) is 26.4 Å². The number of rotatable bonds is 4. The third-order valence-corrected chi connectivity index (χ3v) is 5.94. The average Bonchev–Trinajstić information content (AvgIpc) is 3.53. The fourth-order valence-corrected chi connectivity index (χ4v) is 4.46. The first-order valence-corrected chi connectivity index (χ1v) is 10.8. The molecule has 1 atom stereocenters. The Morgan fingerprint density at radius 1 is 1.00 bits per heavy atom. The summed E-state index contributed by atoms with van der Waals surface area (Å²) in [5.41, 5.74) is 5.89. The maximum atomic E-state index is 12.5. The first-order chi connectivity index (χ1) is 14.7. The molecule has 0 radical (unpaired) electrons. The molecule has 5 nitrogen and oxygen atoms in total. The van der Waals surface area contributed by atoms with Crippen LogP contribution in [0.3, 0.4) is 0 Å². The molecule has 6 heteroatoms. The van der Waals surface area contributed by atoms with Gasteiger partial charge in [-0.25, -0.2) is 9.69 Å². The summed E-state index contributed by atoms with van der Waals surface area (Å²) in [7, 11) is 0. The van der Waals surface area contributed by atoms with Crippen LogP contribution in [-0.2, 0) is 4.79 Å². The molecule has 0 N–H and O–H groups in total. The number of amides is 1. The zero-order valence-electron chi connectivity index (χ0n) is 16.5. The first kappa shape index (κ1) is 18.5. The van der Waals surface area contributed by atoms with Gasteiger partial charge >= 0.3 is 0 Å². The molecular weight excluding hydrogens is 392 g/mol. The second-order valence-electron chi connectivity index (χ2n) is 7.22. The van der Waals surface area contributed by atoms with Gasteiger partial charge in [0.05, 0.1) is 23.1 Å². The molecule has 0 unspecified atom stereocenters. The van der Waals surface area contributed by atoms with Crippen molar-refractivity contribution in [2.45, 2.75) is 19.4 Å². The van der Waals surface area contributed by atoms with Crippen molar-refractivity contribution in [1.82, 2.24) is 14.8 Å². The lowest BCUT2D eigenvalue weighted by Crippen LogP contribution is -2.24. The van der Waals surface area contributed by atoms with Gasteiger partial charge in [-0.2, -0.15) is 21.5 Å². The Hall–Kier alpha value is -3.51. The molecule has 4 aromatic rings. The number of para-hydroxylation sites is 1. The van der Waals surface area contributed by atoms with Gasteiger partial charge in [0.25, 0.3) is 0 Å². The van der Waals surface area contributed by atoms with Gasteiger partial charge in [-0.05, 0) is 29.1 Å². The van der Waals surface area contributed by atoms with Crippen LogP contribution in [0.2, 0.25) is 0 Å². The third kappa shape index (κ3) is 3.35. The molecule has 0 spiro atoms. The average molecular weight is 413 g/mol. The fourth-order valence-electron chi connectivity index (χ4n) is 3.82. The van der Waals surface area contributed by atoms with E-state index in [4.69, 9.17) is 5.10 Å². The van der Waals surface area contributed by atoms with E-state index in [0.717, 1.165) is 33.8 Å². The molecule has 0 fully saturated rings. The number of nitrogens with zero attached hydrogens (tertiary/aromatic N) is 4. The molecule has 2 aromatic carbocycles. The van der Waals surface area contributed by atoms with Crippen LogP contribution in [0.5, 0.6) is 0 Å². The lowest BCUT2D eigenvalue weighted by Gasteiger charge is -2.20. The van der Waals surface area contributed by atoms with E-state index < -0.39 is 0 Å². The lowest BCUT2D eigenvalue weighted by atomic mass is 9.97. The smallest absolute Gasteiger partial charge is 0.240 e. The van der Waals surface area contributed by atoms with Crippen LogP contribution in [0.1, 0.15) is 30.5 Å². The maximum Gasteiger partial charge on any atom is 0.240 e. The Kier molecular flexibility index (Phi) is 4.77. The van der Waals surface area contributed by atoms with Gasteiger partial charge in [-0.15, -0.1) is 0 Å². The summed E-state index contributed by atoms with van der Waals surface area (Å²) in [4.78, 5) is 12.5. The van der Waals surface area contributed by atoms with Crippen LogP contribution in [0.4, 0.5) is 0 Å². The van der Waals surface area contributed by atoms with Gasteiger partial charge in [0.15, 0.2) is 0 Å². The van der Waals surface area contributed by atoms with Gasteiger partial charge in [0.1, 0.15) is 0 Å². The predicted octanol–water partition coefficient (Wildman–Crippen LogP) is 5.30. The molecular formula is C24H20N4OS. The molecule has 1 aliphatic rings. The maximum absolute atomic E-state index is 12.5. The number of hydrazone groups is 1. The molecule has 5 rings (SSSR count). The van der Waals surface area contributed by atoms with Crippen LogP contribution >= 0.6 is 11.3 Å². The Balaban J connectivity index is 1.60. The topological polar surface area (TPSA) is 50.5 Å². The summed E-state index contributed by atoms with van der Waals surface area (Å²) < 4.78 is 1.89. The number of hydrogen-bond donors (Lipinski definition) is 0. The minimum atomic E-state index is -0.190. The van der Waals surface area contributed by atoms with E-state index in [-0.39, 0.29) is 11.9 Å². The highest BCUT2D eigenvalue weighted by Crippen LogP contribution is 2.38. The van der Waals surface area contributed by atoms with Crippen molar-refractivity contribution in [2.24, 2.45) is 5.10 Å². The van der Waals surface area contributed by atoms with Crippen molar-refractivity contribution in [3.8, 4) is 16.9 Å². The summed E-state index contributed by atoms with van der Waals surface area (Å²) in [6.45, 7) is 1.57. The number of thiophene rings is 1. The Bertz CT molecular complexity index is 1200. The van der Waals surface area contributed by atoms with E-state index in [1.54, 1.807) is 23.3 Å². The van der Waals surface area contributed by atoms with Gasteiger partial charge in [-0.1, -0.05) is 48.5 Å². The molecule has 0 bridgehead atoms.